The molecule has 0 amide bonds. The number of benzene rings is 5. The van der Waals surface area contributed by atoms with Crippen LogP contribution in [0.15, 0.2) is 195 Å². The summed E-state index contributed by atoms with van der Waals surface area (Å²) in [5, 5.41) is 14.5. The highest BCUT2D eigenvalue weighted by molar-refractivity contribution is 5.81. The van der Waals surface area contributed by atoms with Crippen molar-refractivity contribution in [3.8, 4) is 0 Å². The molecule has 5 heterocycles. The number of rotatable bonds is 0. The fourth-order valence-electron chi connectivity index (χ4n) is 4.81. The van der Waals surface area contributed by atoms with Crippen molar-refractivity contribution in [1.29, 1.82) is 0 Å². The molecule has 8 nitrogen and oxygen atoms in total. The topological polar surface area (TPSA) is 103 Å². The maximum atomic E-state index is 4.18. The minimum Gasteiger partial charge on any atom is -0.264 e. The highest BCUT2D eigenvalue weighted by Gasteiger charge is 1.90. The molecule has 0 saturated heterocycles. The summed E-state index contributed by atoms with van der Waals surface area (Å²) in [6, 6.07) is 46.0. The Labute approximate surface area is 289 Å². The molecule has 10 aromatic rings. The highest BCUT2D eigenvalue weighted by atomic mass is 15.1. The molecular formula is C42H32N8. The largest absolute Gasteiger partial charge is 0.264 e. The van der Waals surface area contributed by atoms with Gasteiger partial charge in [0, 0.05) is 58.7 Å². The van der Waals surface area contributed by atoms with Crippen molar-refractivity contribution in [2.45, 2.75) is 0 Å². The van der Waals surface area contributed by atoms with Crippen molar-refractivity contribution in [3.63, 3.8) is 0 Å². The third kappa shape index (κ3) is 9.49. The van der Waals surface area contributed by atoms with Crippen LogP contribution in [-0.4, -0.2) is 40.1 Å². The number of nitrogens with zero attached hydrogens (tertiary/aromatic N) is 8. The summed E-state index contributed by atoms with van der Waals surface area (Å²) < 4.78 is 0. The lowest BCUT2D eigenvalue weighted by Crippen LogP contribution is -1.78. The molecule has 0 spiro atoms. The lowest BCUT2D eigenvalue weighted by Gasteiger charge is -1.91. The van der Waals surface area contributed by atoms with Crippen molar-refractivity contribution >= 4 is 54.4 Å². The van der Waals surface area contributed by atoms with Gasteiger partial charge in [-0.15, -0.1) is 0 Å². The van der Waals surface area contributed by atoms with Gasteiger partial charge in [-0.05, 0) is 47.2 Å². The van der Waals surface area contributed by atoms with Crippen molar-refractivity contribution < 1.29 is 0 Å². The van der Waals surface area contributed by atoms with Crippen LogP contribution in [0, 0.1) is 0 Å². The Morgan fingerprint density at radius 1 is 0.260 bits per heavy atom. The van der Waals surface area contributed by atoms with Gasteiger partial charge in [-0.25, -0.2) is 9.97 Å². The molecule has 0 unspecified atom stereocenters. The number of aromatic nitrogens is 8. The van der Waals surface area contributed by atoms with Gasteiger partial charge in [0.1, 0.15) is 6.33 Å². The molecule has 0 radical (unpaired) electrons. The Morgan fingerprint density at radius 3 is 1.28 bits per heavy atom. The first-order valence-electron chi connectivity index (χ1n) is 15.9. The van der Waals surface area contributed by atoms with E-state index in [1.54, 1.807) is 31.1 Å². The number of hydrogen-bond donors (Lipinski definition) is 0. The number of para-hydroxylation sites is 4. The molecule has 0 saturated carbocycles. The first-order valence-corrected chi connectivity index (χ1v) is 15.9. The van der Waals surface area contributed by atoms with Crippen molar-refractivity contribution in [3.05, 3.63) is 195 Å². The average Bonchev–Trinajstić information content (AvgIpc) is 3.22. The Kier molecular flexibility index (Phi) is 11.7. The van der Waals surface area contributed by atoms with E-state index in [1.807, 2.05) is 140 Å². The molecule has 240 valence electrons. The third-order valence-corrected chi connectivity index (χ3v) is 7.31. The minimum atomic E-state index is 0.949. The fraction of sp³-hybridized carbons (Fsp3) is 0. The quantitative estimate of drug-likeness (QED) is 0.160. The number of fused-ring (bicyclic) bond motifs is 5. The van der Waals surface area contributed by atoms with Gasteiger partial charge in [-0.1, -0.05) is 103 Å². The van der Waals surface area contributed by atoms with E-state index >= 15 is 0 Å². The zero-order valence-electron chi connectivity index (χ0n) is 27.1. The van der Waals surface area contributed by atoms with Crippen LogP contribution in [0.4, 0.5) is 0 Å². The van der Waals surface area contributed by atoms with Gasteiger partial charge in [0.25, 0.3) is 0 Å². The lowest BCUT2D eigenvalue weighted by molar-refractivity contribution is 1.05. The van der Waals surface area contributed by atoms with Crippen LogP contribution in [0.1, 0.15) is 0 Å². The molecule has 10 rings (SSSR count). The summed E-state index contributed by atoms with van der Waals surface area (Å²) in [6.07, 6.45) is 15.8. The molecule has 5 aromatic carbocycles. The summed E-state index contributed by atoms with van der Waals surface area (Å²) in [7, 11) is 0. The van der Waals surface area contributed by atoms with E-state index in [2.05, 4.69) is 64.4 Å². The van der Waals surface area contributed by atoms with E-state index in [0.29, 0.717) is 0 Å². The van der Waals surface area contributed by atoms with E-state index in [-0.39, 0.29) is 0 Å². The smallest absolute Gasteiger partial charge is 0.116 e. The van der Waals surface area contributed by atoms with Crippen molar-refractivity contribution in [1.82, 2.24) is 40.1 Å². The van der Waals surface area contributed by atoms with E-state index in [4.69, 9.17) is 0 Å². The predicted octanol–water partition coefficient (Wildman–Crippen LogP) is 9.36. The zero-order chi connectivity index (χ0) is 34.1. The molecule has 50 heavy (non-hydrogen) atoms. The van der Waals surface area contributed by atoms with Crippen LogP contribution in [0.25, 0.3) is 54.4 Å². The molecule has 0 N–H and O–H groups in total. The van der Waals surface area contributed by atoms with Crippen LogP contribution >= 0.6 is 0 Å². The third-order valence-electron chi connectivity index (χ3n) is 7.31. The number of hydrogen-bond acceptors (Lipinski definition) is 8. The van der Waals surface area contributed by atoms with Crippen LogP contribution in [-0.2, 0) is 0 Å². The molecule has 0 fully saturated rings. The fourth-order valence-corrected chi connectivity index (χ4v) is 4.81. The molecule has 5 aromatic heterocycles. The van der Waals surface area contributed by atoms with Gasteiger partial charge >= 0.3 is 0 Å². The van der Waals surface area contributed by atoms with E-state index in [1.165, 1.54) is 16.2 Å². The summed E-state index contributed by atoms with van der Waals surface area (Å²) >= 11 is 0. The molecule has 0 aliphatic heterocycles. The second-order valence-electron chi connectivity index (χ2n) is 10.7. The Hall–Kier alpha value is -7.06. The molecule has 8 heteroatoms. The second kappa shape index (κ2) is 17.7. The molecule has 0 aliphatic rings. The second-order valence-corrected chi connectivity index (χ2v) is 10.7. The normalized spacial score (nSPS) is 10.0. The van der Waals surface area contributed by atoms with Gasteiger partial charge in [0.15, 0.2) is 0 Å². The highest BCUT2D eigenvalue weighted by Crippen LogP contribution is 2.11. The van der Waals surface area contributed by atoms with E-state index in [9.17, 15) is 0 Å². The molecule has 0 bridgehead atoms. The monoisotopic (exact) mass is 648 g/mol. The molecule has 0 aliphatic carbocycles. The Balaban J connectivity index is 0.000000108. The van der Waals surface area contributed by atoms with Gasteiger partial charge in [0.2, 0.25) is 0 Å². The Morgan fingerprint density at radius 2 is 0.700 bits per heavy atom. The summed E-state index contributed by atoms with van der Waals surface area (Å²) in [6.45, 7) is 0. The van der Waals surface area contributed by atoms with E-state index < -0.39 is 0 Å². The first kappa shape index (κ1) is 32.9. The Bertz CT molecular complexity index is 1800. The van der Waals surface area contributed by atoms with Crippen molar-refractivity contribution in [2.24, 2.45) is 0 Å². The summed E-state index contributed by atoms with van der Waals surface area (Å²) in [5.41, 5.74) is 3.96. The summed E-state index contributed by atoms with van der Waals surface area (Å²) in [5.74, 6) is 0. The van der Waals surface area contributed by atoms with E-state index in [0.717, 1.165) is 38.2 Å². The van der Waals surface area contributed by atoms with Crippen LogP contribution in [0.2, 0.25) is 0 Å². The maximum absolute atomic E-state index is 4.18. The minimum absolute atomic E-state index is 0.949. The zero-order valence-corrected chi connectivity index (χ0v) is 27.1. The predicted molar refractivity (Wildman–Crippen MR) is 202 cm³/mol. The summed E-state index contributed by atoms with van der Waals surface area (Å²) in [4.78, 5) is 24.4. The first-order chi connectivity index (χ1) is 24.8. The van der Waals surface area contributed by atoms with Crippen LogP contribution in [0.5, 0.6) is 0 Å². The molecular weight excluding hydrogens is 617 g/mol. The standard InChI is InChI=1S/2C9H7N.3C8H6N2/c1-2-6-9-8(4-1)5-3-7-10-9;1-2-4-9-7-10-6-5-8(9)3-1;1-2-4-8-7(3-1)5-9-6-10-8;1-2-4-8-6-10-9-5-7(8)3-1;1-2-4-8-7(3-1)9-5-6-10-8/h2*1-7H;3*1-6H. The van der Waals surface area contributed by atoms with Crippen LogP contribution < -0.4 is 0 Å². The van der Waals surface area contributed by atoms with Gasteiger partial charge in [0.05, 0.1) is 34.5 Å². The SMILES string of the molecule is c1ccc2cnccc2c1.c1ccc2cnncc2c1.c1ccc2ncccc2c1.c1ccc2nccnc2c1.c1ccc2ncncc2c1. The number of pyridine rings is 2. The van der Waals surface area contributed by atoms with Crippen LogP contribution in [0.3, 0.4) is 0 Å². The molecule has 0 atom stereocenters. The van der Waals surface area contributed by atoms with Crippen molar-refractivity contribution in [2.75, 3.05) is 0 Å². The van der Waals surface area contributed by atoms with Gasteiger partial charge < -0.3 is 0 Å². The maximum Gasteiger partial charge on any atom is 0.116 e. The van der Waals surface area contributed by atoms with Gasteiger partial charge in [-0.3, -0.25) is 19.9 Å². The lowest BCUT2D eigenvalue weighted by atomic mass is 10.2. The van der Waals surface area contributed by atoms with Gasteiger partial charge in [-0.2, -0.15) is 10.2 Å². The average molecular weight is 649 g/mol.